The lowest BCUT2D eigenvalue weighted by atomic mass is 10.3. The van der Waals surface area contributed by atoms with E-state index in [2.05, 4.69) is 17.6 Å². The third-order valence-corrected chi connectivity index (χ3v) is 2.29. The second kappa shape index (κ2) is 4.46. The first-order chi connectivity index (χ1) is 7.29. The lowest BCUT2D eigenvalue weighted by Crippen LogP contribution is -2.81. The van der Waals surface area contributed by atoms with Crippen LogP contribution in [0.15, 0.2) is 29.3 Å². The summed E-state index contributed by atoms with van der Waals surface area (Å²) in [7, 11) is 0. The van der Waals surface area contributed by atoms with E-state index in [4.69, 9.17) is 4.74 Å². The van der Waals surface area contributed by atoms with Crippen LogP contribution in [0.2, 0.25) is 0 Å². The zero-order valence-electron chi connectivity index (χ0n) is 8.01. The molecule has 0 aromatic heterocycles. The van der Waals surface area contributed by atoms with Gasteiger partial charge in [-0.1, -0.05) is 12.1 Å². The molecule has 5 heteroatoms. The predicted octanol–water partition coefficient (Wildman–Crippen LogP) is 0.398. The van der Waals surface area contributed by atoms with Crippen molar-refractivity contribution in [3.05, 3.63) is 24.3 Å². The molecule has 4 nitrogen and oxygen atoms in total. The van der Waals surface area contributed by atoms with E-state index < -0.39 is 0 Å². The van der Waals surface area contributed by atoms with Gasteiger partial charge in [0.25, 0.3) is 0 Å². The van der Waals surface area contributed by atoms with Crippen LogP contribution in [0.3, 0.4) is 0 Å². The van der Waals surface area contributed by atoms with Crippen LogP contribution in [0.5, 0.6) is 0 Å². The molecule has 0 saturated heterocycles. The lowest BCUT2D eigenvalue weighted by Gasteiger charge is -1.99. The summed E-state index contributed by atoms with van der Waals surface area (Å²) >= 11 is 3.82. The fraction of sp³-hybridized carbons (Fsp3) is 0.200. The number of carbonyl (C=O) groups is 1. The predicted molar refractivity (Wildman–Crippen MR) is 59.9 cm³/mol. The molecular formula is C10H11N2O2S+. The van der Waals surface area contributed by atoms with Gasteiger partial charge in [0, 0.05) is 6.07 Å². The highest BCUT2D eigenvalue weighted by Gasteiger charge is 2.19. The van der Waals surface area contributed by atoms with E-state index >= 15 is 0 Å². The summed E-state index contributed by atoms with van der Waals surface area (Å²) in [6, 6.07) is 7.79. The Bertz CT molecular complexity index is 418. The van der Waals surface area contributed by atoms with Crippen LogP contribution in [-0.4, -0.2) is 24.2 Å². The summed E-state index contributed by atoms with van der Waals surface area (Å²) in [6.07, 6.45) is 0. The molecule has 1 aromatic rings. The molecular weight excluding hydrogens is 212 g/mol. The highest BCUT2D eigenvalue weighted by atomic mass is 32.1. The number of hydrogen-bond acceptors (Lipinski definition) is 4. The minimum absolute atomic E-state index is 0.0974. The minimum atomic E-state index is -0.328. The van der Waals surface area contributed by atoms with E-state index in [1.807, 2.05) is 29.6 Å². The van der Waals surface area contributed by atoms with E-state index in [-0.39, 0.29) is 18.3 Å². The summed E-state index contributed by atoms with van der Waals surface area (Å²) in [5.41, 5.74) is 1.99. The molecule has 0 unspecified atom stereocenters. The second-order valence-corrected chi connectivity index (χ2v) is 3.44. The molecule has 2 rings (SSSR count). The van der Waals surface area contributed by atoms with Crippen molar-refractivity contribution in [1.82, 2.24) is 0 Å². The van der Waals surface area contributed by atoms with E-state index in [1.165, 1.54) is 0 Å². The first-order valence-electron chi connectivity index (χ1n) is 4.57. The number of quaternary nitrogens is 1. The molecule has 0 radical (unpaired) electrons. The molecule has 1 aliphatic rings. The Balaban J connectivity index is 1.97. The molecule has 1 aromatic carbocycles. The Morgan fingerprint density at radius 3 is 3.00 bits per heavy atom. The number of para-hydroxylation sites is 2. The Morgan fingerprint density at radius 2 is 2.27 bits per heavy atom. The van der Waals surface area contributed by atoms with Crippen LogP contribution in [0.25, 0.3) is 0 Å². The molecule has 1 heterocycles. The molecule has 0 saturated carbocycles. The standard InChI is InChI=1S/C10H10N2O2S/c13-10(6-15)14-5-9-11-7-3-1-2-4-8(7)12-9/h1-4,15H,5-6H2,(H,11,12)/p+1. The normalized spacial score (nSPS) is 13.3. The van der Waals surface area contributed by atoms with Gasteiger partial charge >= 0.3 is 5.97 Å². The summed E-state index contributed by atoms with van der Waals surface area (Å²) in [4.78, 5) is 15.2. The maximum absolute atomic E-state index is 10.9. The molecule has 0 fully saturated rings. The number of nitrogens with zero attached hydrogens (tertiary/aromatic N) is 1. The number of amidine groups is 1. The number of hydrogen-bond donors (Lipinski definition) is 2. The number of thiol groups is 1. The van der Waals surface area contributed by atoms with Gasteiger partial charge in [-0.25, -0.2) is 0 Å². The number of benzene rings is 1. The number of rotatable bonds is 3. The Labute approximate surface area is 92.8 Å². The van der Waals surface area contributed by atoms with Crippen LogP contribution >= 0.6 is 12.6 Å². The van der Waals surface area contributed by atoms with Gasteiger partial charge in [0.2, 0.25) is 5.84 Å². The number of esters is 1. The lowest BCUT2D eigenvalue weighted by molar-refractivity contribution is -0.442. The van der Waals surface area contributed by atoms with Crippen molar-refractivity contribution in [2.24, 2.45) is 4.99 Å². The van der Waals surface area contributed by atoms with Crippen LogP contribution in [0.4, 0.5) is 11.4 Å². The first kappa shape index (κ1) is 10.2. The zero-order chi connectivity index (χ0) is 10.7. The average molecular weight is 223 g/mol. The van der Waals surface area contributed by atoms with Gasteiger partial charge in [-0.3, -0.25) is 10.1 Å². The van der Waals surface area contributed by atoms with Gasteiger partial charge in [-0.15, -0.1) is 0 Å². The monoisotopic (exact) mass is 223 g/mol. The second-order valence-electron chi connectivity index (χ2n) is 3.13. The van der Waals surface area contributed by atoms with E-state index in [0.29, 0.717) is 0 Å². The summed E-state index contributed by atoms with van der Waals surface area (Å²) in [5, 5.41) is 1.92. The van der Waals surface area contributed by atoms with Crippen molar-refractivity contribution in [2.45, 2.75) is 0 Å². The number of ether oxygens (including phenoxy) is 1. The Morgan fingerprint density at radius 1 is 1.47 bits per heavy atom. The van der Waals surface area contributed by atoms with Gasteiger partial charge in [-0.05, 0) is 6.07 Å². The SMILES string of the molecule is O=C(CS)OCC1=Nc2ccccc2[NH2+]1. The summed E-state index contributed by atoms with van der Waals surface area (Å²) in [5.74, 6) is 0.539. The summed E-state index contributed by atoms with van der Waals surface area (Å²) in [6.45, 7) is 0.216. The van der Waals surface area contributed by atoms with E-state index in [9.17, 15) is 4.79 Å². The van der Waals surface area contributed by atoms with Crippen LogP contribution in [-0.2, 0) is 9.53 Å². The third-order valence-electron chi connectivity index (χ3n) is 2.03. The zero-order valence-corrected chi connectivity index (χ0v) is 8.91. The molecule has 0 atom stereocenters. The first-order valence-corrected chi connectivity index (χ1v) is 5.20. The van der Waals surface area contributed by atoms with Crippen LogP contribution in [0, 0.1) is 0 Å². The summed E-state index contributed by atoms with van der Waals surface area (Å²) < 4.78 is 4.93. The largest absolute Gasteiger partial charge is 0.453 e. The highest BCUT2D eigenvalue weighted by molar-refractivity contribution is 7.81. The van der Waals surface area contributed by atoms with Gasteiger partial charge in [0.1, 0.15) is 5.69 Å². The molecule has 2 N–H and O–H groups in total. The van der Waals surface area contributed by atoms with Gasteiger partial charge in [-0.2, -0.15) is 17.6 Å². The molecule has 0 spiro atoms. The Kier molecular flexibility index (Phi) is 3.03. The average Bonchev–Trinajstić information content (AvgIpc) is 2.68. The van der Waals surface area contributed by atoms with Crippen LogP contribution in [0.1, 0.15) is 0 Å². The van der Waals surface area contributed by atoms with Crippen molar-refractivity contribution in [1.29, 1.82) is 0 Å². The number of aliphatic imine (C=N–C) groups is 1. The highest BCUT2D eigenvalue weighted by Crippen LogP contribution is 2.22. The van der Waals surface area contributed by atoms with Crippen molar-refractivity contribution in [3.8, 4) is 0 Å². The molecule has 0 amide bonds. The van der Waals surface area contributed by atoms with Crippen molar-refractivity contribution >= 4 is 35.8 Å². The van der Waals surface area contributed by atoms with Gasteiger partial charge < -0.3 is 4.74 Å². The van der Waals surface area contributed by atoms with Gasteiger partial charge in [0.15, 0.2) is 12.3 Å². The minimum Gasteiger partial charge on any atom is -0.453 e. The third kappa shape index (κ3) is 2.37. The topological polar surface area (TPSA) is 55.3 Å². The smallest absolute Gasteiger partial charge is 0.316 e. The van der Waals surface area contributed by atoms with Crippen molar-refractivity contribution in [2.75, 3.05) is 12.4 Å². The maximum atomic E-state index is 10.9. The van der Waals surface area contributed by atoms with E-state index in [0.717, 1.165) is 17.2 Å². The molecule has 0 aliphatic carbocycles. The van der Waals surface area contributed by atoms with Crippen LogP contribution < -0.4 is 5.32 Å². The molecule has 1 aliphatic heterocycles. The molecule has 78 valence electrons. The van der Waals surface area contributed by atoms with Crippen molar-refractivity contribution in [3.63, 3.8) is 0 Å². The molecule has 15 heavy (non-hydrogen) atoms. The van der Waals surface area contributed by atoms with E-state index in [1.54, 1.807) is 0 Å². The molecule has 0 bridgehead atoms. The van der Waals surface area contributed by atoms with Gasteiger partial charge in [0.05, 0.1) is 5.75 Å². The fourth-order valence-corrected chi connectivity index (χ4v) is 1.44. The Hall–Kier alpha value is -1.33. The number of fused-ring (bicyclic) bond motifs is 1. The number of carbonyl (C=O) groups excluding carboxylic acids is 1. The van der Waals surface area contributed by atoms with Crippen molar-refractivity contribution < 1.29 is 14.8 Å². The number of nitrogens with two attached hydrogens (primary N) is 1. The quantitative estimate of drug-likeness (QED) is 0.443. The fourth-order valence-electron chi connectivity index (χ4n) is 1.35. The maximum Gasteiger partial charge on any atom is 0.316 e.